The Morgan fingerprint density at radius 1 is 1.17 bits per heavy atom. The van der Waals surface area contributed by atoms with Crippen molar-refractivity contribution in [3.8, 4) is 11.5 Å². The molecule has 1 aliphatic carbocycles. The number of aromatic nitrogens is 1. The number of hydrogen-bond acceptors (Lipinski definition) is 7. The Morgan fingerprint density at radius 2 is 1.91 bits per heavy atom. The molecular formula is C25H24ClN3O4S2. The number of hydrogen-bond donors (Lipinski definition) is 1. The Balaban J connectivity index is 1.48. The summed E-state index contributed by atoms with van der Waals surface area (Å²) in [5.41, 5.74) is -0.557. The van der Waals surface area contributed by atoms with E-state index in [1.165, 1.54) is 11.3 Å². The summed E-state index contributed by atoms with van der Waals surface area (Å²) >= 11 is 8.06. The first kappa shape index (κ1) is 24.0. The highest BCUT2D eigenvalue weighted by atomic mass is 35.5. The summed E-state index contributed by atoms with van der Waals surface area (Å²) < 4.78 is 27.2. The summed E-state index contributed by atoms with van der Waals surface area (Å²) in [4.78, 5) is 18.6. The fraction of sp³-hybridized carbons (Fsp3) is 0.360. The third-order valence-electron chi connectivity index (χ3n) is 6.72. The number of ether oxygens (including phenoxy) is 2. The standard InChI is InChI=1S/C25H24ClN3O4S2/c1-23(2,3)25(29-35-31,16-6-4-5-7-17(16)26)20-13-27-22(34-20)28-21(30)24(10-11-24)15-8-9-18-19(12-15)33-14-32-18/h4-9,12-13H,10-11,14H2,1-3H3,(H,27,28,30)/t25-/m1/s1. The predicted molar refractivity (Wildman–Crippen MR) is 136 cm³/mol. The lowest BCUT2D eigenvalue weighted by atomic mass is 9.69. The smallest absolute Gasteiger partial charge is 0.236 e. The van der Waals surface area contributed by atoms with Crippen LogP contribution in [0.1, 0.15) is 49.6 Å². The Morgan fingerprint density at radius 3 is 2.60 bits per heavy atom. The maximum Gasteiger partial charge on any atom is 0.236 e. The molecule has 0 unspecified atom stereocenters. The van der Waals surface area contributed by atoms with Gasteiger partial charge in [-0.25, -0.2) is 4.98 Å². The van der Waals surface area contributed by atoms with Crippen LogP contribution in [0.25, 0.3) is 0 Å². The van der Waals surface area contributed by atoms with Crippen LogP contribution in [0.15, 0.2) is 53.0 Å². The number of anilines is 1. The van der Waals surface area contributed by atoms with Crippen LogP contribution in [-0.2, 0) is 27.2 Å². The second-order valence-corrected chi connectivity index (χ2v) is 11.5. The van der Waals surface area contributed by atoms with Gasteiger partial charge < -0.3 is 14.8 Å². The van der Waals surface area contributed by atoms with E-state index >= 15 is 0 Å². The van der Waals surface area contributed by atoms with Crippen molar-refractivity contribution < 1.29 is 18.5 Å². The van der Waals surface area contributed by atoms with Crippen molar-refractivity contribution in [1.29, 1.82) is 0 Å². The number of halogens is 1. The summed E-state index contributed by atoms with van der Waals surface area (Å²) in [6.45, 7) is 6.21. The lowest BCUT2D eigenvalue weighted by Gasteiger charge is -2.40. The highest BCUT2D eigenvalue weighted by Crippen LogP contribution is 2.53. The van der Waals surface area contributed by atoms with E-state index in [1.807, 2.05) is 57.2 Å². The van der Waals surface area contributed by atoms with Gasteiger partial charge in [0, 0.05) is 16.8 Å². The van der Waals surface area contributed by atoms with Crippen LogP contribution in [0.2, 0.25) is 5.02 Å². The molecule has 1 fully saturated rings. The quantitative estimate of drug-likeness (QED) is 0.430. The average molecular weight is 530 g/mol. The number of benzene rings is 2. The molecule has 1 amide bonds. The van der Waals surface area contributed by atoms with Crippen molar-refractivity contribution in [2.75, 3.05) is 12.1 Å². The molecule has 1 atom stereocenters. The van der Waals surface area contributed by atoms with Gasteiger partial charge in [-0.1, -0.05) is 68.0 Å². The van der Waals surface area contributed by atoms with E-state index < -0.39 is 16.4 Å². The van der Waals surface area contributed by atoms with Gasteiger partial charge in [0.15, 0.2) is 16.6 Å². The lowest BCUT2D eigenvalue weighted by molar-refractivity contribution is -0.118. The normalized spacial score (nSPS) is 17.4. The molecule has 0 spiro atoms. The van der Waals surface area contributed by atoms with E-state index in [4.69, 9.17) is 21.1 Å². The minimum absolute atomic E-state index is 0.119. The molecule has 0 saturated heterocycles. The predicted octanol–water partition coefficient (Wildman–Crippen LogP) is 5.88. The third kappa shape index (κ3) is 3.95. The number of nitrogens with zero attached hydrogens (tertiary/aromatic N) is 2. The van der Waals surface area contributed by atoms with Gasteiger partial charge in [-0.3, -0.25) is 4.79 Å². The van der Waals surface area contributed by atoms with Gasteiger partial charge in [-0.2, -0.15) is 8.57 Å². The van der Waals surface area contributed by atoms with Crippen molar-refractivity contribution in [3.63, 3.8) is 0 Å². The maximum absolute atomic E-state index is 13.4. The summed E-state index contributed by atoms with van der Waals surface area (Å²) in [7, 11) is 0. The topological polar surface area (TPSA) is 89.9 Å². The maximum atomic E-state index is 13.4. The summed E-state index contributed by atoms with van der Waals surface area (Å²) in [6.07, 6.45) is 3.16. The molecule has 3 aromatic rings. The fourth-order valence-corrected chi connectivity index (χ4v) is 6.71. The van der Waals surface area contributed by atoms with Crippen LogP contribution in [0.4, 0.5) is 5.13 Å². The second kappa shape index (κ2) is 8.72. The highest BCUT2D eigenvalue weighted by molar-refractivity contribution is 7.54. The van der Waals surface area contributed by atoms with E-state index in [0.29, 0.717) is 21.7 Å². The van der Waals surface area contributed by atoms with Crippen LogP contribution in [0.3, 0.4) is 0 Å². The fourth-order valence-electron chi connectivity index (χ4n) is 4.63. The molecule has 10 heteroatoms. The van der Waals surface area contributed by atoms with Gasteiger partial charge in [0.2, 0.25) is 24.2 Å². The number of rotatable bonds is 6. The Labute approximate surface area is 216 Å². The van der Waals surface area contributed by atoms with E-state index in [2.05, 4.69) is 14.7 Å². The molecule has 1 aliphatic heterocycles. The van der Waals surface area contributed by atoms with E-state index in [-0.39, 0.29) is 24.2 Å². The highest BCUT2D eigenvalue weighted by Gasteiger charge is 2.52. The van der Waals surface area contributed by atoms with Crippen molar-refractivity contribution in [3.05, 3.63) is 69.7 Å². The molecule has 0 radical (unpaired) electrons. The van der Waals surface area contributed by atoms with Gasteiger partial charge >= 0.3 is 0 Å². The Hall–Kier alpha value is -2.75. The molecule has 2 heterocycles. The van der Waals surface area contributed by atoms with Gasteiger partial charge in [0.05, 0.1) is 10.3 Å². The van der Waals surface area contributed by atoms with Crippen molar-refractivity contribution in [1.82, 2.24) is 4.98 Å². The SMILES string of the molecule is CC(C)(C)[C@](N=S=O)(c1cnc(NC(=O)C2(c3ccc4c(c3)OCO4)CC2)s1)c1ccccc1Cl. The first-order valence-electron chi connectivity index (χ1n) is 11.2. The molecule has 1 aromatic heterocycles. The van der Waals surface area contributed by atoms with Crippen LogP contribution in [0, 0.1) is 5.41 Å². The largest absolute Gasteiger partial charge is 0.454 e. The molecule has 1 saturated carbocycles. The number of nitrogens with one attached hydrogen (secondary N) is 1. The molecular weight excluding hydrogens is 506 g/mol. The van der Waals surface area contributed by atoms with Gasteiger partial charge in [0.1, 0.15) is 5.54 Å². The van der Waals surface area contributed by atoms with Gasteiger partial charge in [0.25, 0.3) is 0 Å². The zero-order valence-electron chi connectivity index (χ0n) is 19.5. The molecule has 5 rings (SSSR count). The molecule has 0 bridgehead atoms. The van der Waals surface area contributed by atoms with Crippen molar-refractivity contribution in [2.45, 2.75) is 44.6 Å². The molecule has 2 aliphatic rings. The summed E-state index contributed by atoms with van der Waals surface area (Å²) in [6, 6.07) is 13.0. The molecule has 182 valence electrons. The number of carbonyl (C=O) groups is 1. The average Bonchev–Trinajstić information content (AvgIpc) is 3.27. The molecule has 1 N–H and O–H groups in total. The Kier molecular flexibility index (Phi) is 5.97. The second-order valence-electron chi connectivity index (χ2n) is 9.74. The number of carbonyl (C=O) groups excluding carboxylic acids is 1. The number of fused-ring (bicyclic) bond motifs is 1. The first-order valence-corrected chi connectivity index (χ1v) is 13.0. The summed E-state index contributed by atoms with van der Waals surface area (Å²) in [5, 5.41) is 3.96. The van der Waals surface area contributed by atoms with Crippen LogP contribution >= 0.6 is 22.9 Å². The summed E-state index contributed by atoms with van der Waals surface area (Å²) in [5.74, 6) is 1.23. The number of amides is 1. The third-order valence-corrected chi connectivity index (χ3v) is 8.42. The van der Waals surface area contributed by atoms with Crippen LogP contribution in [0.5, 0.6) is 11.5 Å². The zero-order valence-corrected chi connectivity index (χ0v) is 21.9. The minimum Gasteiger partial charge on any atom is -0.454 e. The Bertz CT molecular complexity index is 1360. The van der Waals surface area contributed by atoms with Gasteiger partial charge in [-0.15, -0.1) is 0 Å². The molecule has 2 aromatic carbocycles. The molecule has 35 heavy (non-hydrogen) atoms. The zero-order chi connectivity index (χ0) is 24.8. The lowest BCUT2D eigenvalue weighted by Crippen LogP contribution is -2.39. The van der Waals surface area contributed by atoms with E-state index in [9.17, 15) is 9.00 Å². The van der Waals surface area contributed by atoms with E-state index in [1.54, 1.807) is 12.3 Å². The van der Waals surface area contributed by atoms with Crippen molar-refractivity contribution >= 4 is 45.4 Å². The van der Waals surface area contributed by atoms with Crippen molar-refractivity contribution in [2.24, 2.45) is 9.78 Å². The first-order chi connectivity index (χ1) is 16.7. The molecule has 7 nitrogen and oxygen atoms in total. The van der Waals surface area contributed by atoms with Crippen LogP contribution in [-0.4, -0.2) is 21.9 Å². The monoisotopic (exact) mass is 529 g/mol. The minimum atomic E-state index is -1.05. The van der Waals surface area contributed by atoms with Crippen LogP contribution < -0.4 is 14.8 Å². The number of thiazole rings is 1. The van der Waals surface area contributed by atoms with E-state index in [0.717, 1.165) is 28.8 Å². The van der Waals surface area contributed by atoms with Gasteiger partial charge in [-0.05, 0) is 42.0 Å².